The lowest BCUT2D eigenvalue weighted by atomic mass is 9.58. The van der Waals surface area contributed by atoms with E-state index in [1.54, 1.807) is 24.3 Å². The number of nitrogens with zero attached hydrogens (tertiary/aromatic N) is 3. The lowest BCUT2D eigenvalue weighted by Gasteiger charge is -2.30. The zero-order chi connectivity index (χ0) is 47.3. The molecular weight excluding hydrogens is 766 g/mol. The smallest absolute Gasteiger partial charge is 0.180 e. The van der Waals surface area contributed by atoms with Gasteiger partial charge in [-0.05, 0) is 39.6 Å². The first-order chi connectivity index (χ1) is 30.6. The lowest BCUT2D eigenvalue weighted by molar-refractivity contribution is 0.667. The number of aromatic nitrogens is 3. The first-order valence-electron chi connectivity index (χ1n) is 19.1. The van der Waals surface area contributed by atoms with Gasteiger partial charge in [-0.15, -0.1) is 49.2 Å². The van der Waals surface area contributed by atoms with Crippen LogP contribution in [0.15, 0.2) is 28.7 Å². The Hall–Kier alpha value is -4.64. The van der Waals surface area contributed by atoms with Gasteiger partial charge in [-0.1, -0.05) is 77.7 Å². The van der Waals surface area contributed by atoms with Gasteiger partial charge in [0.05, 0.1) is 0 Å². The number of hydrogen-bond donors (Lipinski definition) is 0. The van der Waals surface area contributed by atoms with Crippen LogP contribution in [0.5, 0.6) is 0 Å². The first-order valence-corrected chi connectivity index (χ1v) is 19.1. The minimum atomic E-state index is -0.201. The van der Waals surface area contributed by atoms with Crippen molar-refractivity contribution in [3.8, 4) is 39.5 Å². The summed E-state index contributed by atoms with van der Waals surface area (Å²) in [6.45, 7) is 0. The third kappa shape index (κ3) is 6.14. The zero-order valence-corrected chi connectivity index (χ0v) is 34.2. The molecule has 42 radical (unpaired) electrons. The topological polar surface area (TPSA) is 43.9 Å². The maximum atomic E-state index is 7.22. The van der Waals surface area contributed by atoms with Gasteiger partial charge in [0.2, 0.25) is 0 Å². The second kappa shape index (κ2) is 15.7. The molecule has 65 heavy (non-hydrogen) atoms. The van der Waals surface area contributed by atoms with Gasteiger partial charge in [0.25, 0.3) is 0 Å². The molecule has 0 spiro atoms. The molecule has 0 N–H and O–H groups in total. The summed E-state index contributed by atoms with van der Waals surface area (Å²) in [5.41, 5.74) is -1.30. The van der Waals surface area contributed by atoms with E-state index in [0.717, 1.165) is 0 Å². The van der Waals surface area contributed by atoms with E-state index in [9.17, 15) is 0 Å². The molecule has 4 nitrogen and oxygen atoms in total. The van der Waals surface area contributed by atoms with E-state index >= 15 is 0 Å². The van der Waals surface area contributed by atoms with Crippen molar-refractivity contribution in [2.75, 3.05) is 0 Å². The molecule has 0 saturated carbocycles. The molecule has 0 aliphatic carbocycles. The standard InChI is InChI=1S/C40H4B21N3O/c41-13-7(8-15(43)27(55)33(61)38(21(8)49)64-36-9(16(44)23(51)29(57)31(36)59)10-17(45)24(52)30(58)32(60)37(10)64)14(42)22(50)18(46)11(13)35-39-34(5-3-1-2-4-6(5)65-39)62-40(63-35)12-19(47)25(53)28(56)26(54)20(12)48/h1-4H. The normalized spacial score (nSPS) is 11.8. The van der Waals surface area contributed by atoms with Crippen molar-refractivity contribution < 1.29 is 4.42 Å². The lowest BCUT2D eigenvalue weighted by Crippen LogP contribution is -2.55. The third-order valence-corrected chi connectivity index (χ3v) is 12.1. The van der Waals surface area contributed by atoms with E-state index in [4.69, 9.17) is 179 Å². The SMILES string of the molecule is [B]c1c([B])c([B])c(-c2nc(-c3c([B])c([B])c([B])c(-c4c([B])c([B])c([B])c(-n5c6c([B])c([B])c([B])c([B])c6c6c([B])c([B])c([B])c([B])c65)c4[B])c3[B])c3oc4ccccc4c3n2)c([B])c1[B]. The van der Waals surface area contributed by atoms with E-state index < -0.39 is 0 Å². The van der Waals surface area contributed by atoms with Gasteiger partial charge in [0, 0.05) is 27.7 Å². The Kier molecular flexibility index (Phi) is 11.0. The van der Waals surface area contributed by atoms with Crippen molar-refractivity contribution in [1.29, 1.82) is 0 Å². The van der Waals surface area contributed by atoms with E-state index in [2.05, 4.69) is 0 Å². The molecule has 9 aromatic rings. The van der Waals surface area contributed by atoms with Crippen LogP contribution in [0.3, 0.4) is 0 Å². The molecule has 0 fully saturated rings. The highest BCUT2D eigenvalue weighted by molar-refractivity contribution is 6.73. The first kappa shape index (κ1) is 45.5. The van der Waals surface area contributed by atoms with Crippen molar-refractivity contribution >= 4 is 323 Å². The van der Waals surface area contributed by atoms with Crippen LogP contribution >= 0.6 is 0 Å². The Morgan fingerprint density at radius 2 is 0.754 bits per heavy atom. The molecule has 0 aliphatic rings. The highest BCUT2D eigenvalue weighted by atomic mass is 16.3. The Balaban J connectivity index is 1.45. The minimum Gasteiger partial charge on any atom is -0.452 e. The second-order valence-corrected chi connectivity index (χ2v) is 15.5. The van der Waals surface area contributed by atoms with E-state index in [0.29, 0.717) is 11.0 Å². The largest absolute Gasteiger partial charge is 0.452 e. The van der Waals surface area contributed by atoms with Crippen LogP contribution in [0.25, 0.3) is 83.3 Å². The average Bonchev–Trinajstić information content (AvgIpc) is 3.84. The van der Waals surface area contributed by atoms with Gasteiger partial charge < -0.3 is 8.98 Å². The molecule has 0 saturated heterocycles. The Morgan fingerprint density at radius 1 is 0.354 bits per heavy atom. The molecule has 3 heterocycles. The monoisotopic (exact) mass is 773 g/mol. The van der Waals surface area contributed by atoms with Gasteiger partial charge in [-0.25, -0.2) is 9.97 Å². The van der Waals surface area contributed by atoms with E-state index in [1.807, 2.05) is 0 Å². The van der Waals surface area contributed by atoms with Crippen molar-refractivity contribution in [3.05, 3.63) is 24.3 Å². The summed E-state index contributed by atoms with van der Waals surface area (Å²) in [6.07, 6.45) is 0. The summed E-state index contributed by atoms with van der Waals surface area (Å²) in [7, 11) is 139. The second-order valence-electron chi connectivity index (χ2n) is 15.5. The highest BCUT2D eigenvalue weighted by Gasteiger charge is 2.29. The molecule has 0 amide bonds. The summed E-state index contributed by atoms with van der Waals surface area (Å²) in [5.74, 6) is -0.0684. The summed E-state index contributed by atoms with van der Waals surface area (Å²) >= 11 is 0. The molecule has 9 rings (SSSR count). The van der Waals surface area contributed by atoms with Crippen LogP contribution in [0.4, 0.5) is 0 Å². The number of benzene rings is 6. The van der Waals surface area contributed by atoms with Gasteiger partial charge in [-0.3, -0.25) is 0 Å². The Bertz CT molecular complexity index is 3590. The fourth-order valence-electron chi connectivity index (χ4n) is 8.58. The van der Waals surface area contributed by atoms with Crippen molar-refractivity contribution in [2.24, 2.45) is 0 Å². The fourth-order valence-corrected chi connectivity index (χ4v) is 8.58. The predicted molar refractivity (Wildman–Crippen MR) is 293 cm³/mol. The van der Waals surface area contributed by atoms with Crippen LogP contribution in [0.2, 0.25) is 0 Å². The summed E-state index contributed by atoms with van der Waals surface area (Å²) in [4.78, 5) is 9.71. The Morgan fingerprint density at radius 3 is 1.29 bits per heavy atom. The molecule has 248 valence electrons. The van der Waals surface area contributed by atoms with Gasteiger partial charge in [-0.2, -0.15) is 0 Å². The molecule has 25 heteroatoms. The average molecular weight is 770 g/mol. The van der Waals surface area contributed by atoms with Crippen molar-refractivity contribution in [2.45, 2.75) is 0 Å². The molecule has 0 aliphatic heterocycles. The van der Waals surface area contributed by atoms with Crippen molar-refractivity contribution in [1.82, 2.24) is 14.5 Å². The summed E-state index contributed by atoms with van der Waals surface area (Å²) in [5, 5.41) is 0.935. The van der Waals surface area contributed by atoms with Crippen LogP contribution in [0, 0.1) is 0 Å². The molecular formula is C40H4B21N3O. The minimum absolute atomic E-state index is 0.00674. The van der Waals surface area contributed by atoms with Gasteiger partial charge in [0.15, 0.2) is 11.4 Å². The molecule has 3 aromatic heterocycles. The maximum absolute atomic E-state index is 7.22. The predicted octanol–water partition coefficient (Wildman–Crippen LogP) is -14.9. The number of furan rings is 1. The van der Waals surface area contributed by atoms with Gasteiger partial charge >= 0.3 is 0 Å². The summed E-state index contributed by atoms with van der Waals surface area (Å²) in [6, 6.07) is 7.04. The molecule has 0 bridgehead atoms. The molecule has 0 atom stereocenters. The van der Waals surface area contributed by atoms with Crippen LogP contribution in [0.1, 0.15) is 0 Å². The van der Waals surface area contributed by atoms with Crippen molar-refractivity contribution in [3.63, 3.8) is 0 Å². The molecule has 0 unspecified atom stereocenters. The number of para-hydroxylation sites is 1. The quantitative estimate of drug-likeness (QED) is 0.167. The highest BCUT2D eigenvalue weighted by Crippen LogP contribution is 2.35. The Labute approximate surface area is 403 Å². The molecule has 6 aromatic carbocycles. The van der Waals surface area contributed by atoms with Crippen LogP contribution in [-0.4, -0.2) is 179 Å². The number of hydrogen-bond acceptors (Lipinski definition) is 3. The van der Waals surface area contributed by atoms with E-state index in [-0.39, 0.29) is 187 Å². The third-order valence-electron chi connectivity index (χ3n) is 12.1. The number of rotatable bonds is 4. The van der Waals surface area contributed by atoms with Crippen LogP contribution in [-0.2, 0) is 0 Å². The summed E-state index contributed by atoms with van der Waals surface area (Å²) < 4.78 is 7.81. The zero-order valence-electron chi connectivity index (χ0n) is 34.2. The number of fused-ring (bicyclic) bond motifs is 6. The maximum Gasteiger partial charge on any atom is 0.180 e. The van der Waals surface area contributed by atoms with Gasteiger partial charge in [0.1, 0.15) is 182 Å². The fraction of sp³-hybridized carbons (Fsp3) is 0. The van der Waals surface area contributed by atoms with E-state index in [1.165, 1.54) is 4.57 Å². The van der Waals surface area contributed by atoms with Crippen LogP contribution < -0.4 is 115 Å².